The molecular formula is C22H25FN2O3. The lowest BCUT2D eigenvalue weighted by Gasteiger charge is -2.36. The van der Waals surface area contributed by atoms with Crippen molar-refractivity contribution >= 4 is 17.4 Å². The van der Waals surface area contributed by atoms with Gasteiger partial charge >= 0.3 is 0 Å². The lowest BCUT2D eigenvalue weighted by molar-refractivity contribution is -0.133. The number of aryl methyl sites for hydroxylation is 2. The van der Waals surface area contributed by atoms with Crippen molar-refractivity contribution < 1.29 is 18.7 Å². The van der Waals surface area contributed by atoms with E-state index in [2.05, 4.69) is 0 Å². The van der Waals surface area contributed by atoms with Crippen LogP contribution in [0.15, 0.2) is 36.4 Å². The standard InChI is InChI=1S/C22H25FN2O3/c1-15-4-5-16(2)21(12-15)28-14-22(27)25-10-8-24(9-11-25)20-7-6-18(17(3)26)13-19(20)23/h4-7,12-13H,8-11,14H2,1-3H3. The van der Waals surface area contributed by atoms with Crippen molar-refractivity contribution in [2.75, 3.05) is 37.7 Å². The van der Waals surface area contributed by atoms with Crippen LogP contribution in [0.3, 0.4) is 0 Å². The number of amides is 1. The molecule has 1 heterocycles. The molecule has 3 rings (SSSR count). The van der Waals surface area contributed by atoms with Crippen molar-refractivity contribution in [1.29, 1.82) is 0 Å². The Morgan fingerprint density at radius 1 is 1.04 bits per heavy atom. The second-order valence-electron chi connectivity index (χ2n) is 7.15. The van der Waals surface area contributed by atoms with Crippen LogP contribution in [0.1, 0.15) is 28.4 Å². The predicted octanol–water partition coefficient (Wildman–Crippen LogP) is 3.37. The van der Waals surface area contributed by atoms with Crippen LogP contribution in [0.25, 0.3) is 0 Å². The Morgan fingerprint density at radius 3 is 2.39 bits per heavy atom. The summed E-state index contributed by atoms with van der Waals surface area (Å²) < 4.78 is 20.0. The molecule has 0 N–H and O–H groups in total. The number of nitrogens with zero attached hydrogens (tertiary/aromatic N) is 2. The monoisotopic (exact) mass is 384 g/mol. The van der Waals surface area contributed by atoms with E-state index >= 15 is 0 Å². The summed E-state index contributed by atoms with van der Waals surface area (Å²) >= 11 is 0. The van der Waals surface area contributed by atoms with Gasteiger partial charge in [-0.3, -0.25) is 9.59 Å². The van der Waals surface area contributed by atoms with Crippen LogP contribution in [0.2, 0.25) is 0 Å². The highest BCUT2D eigenvalue weighted by atomic mass is 19.1. The van der Waals surface area contributed by atoms with Crippen LogP contribution in [-0.2, 0) is 4.79 Å². The molecule has 1 fully saturated rings. The molecule has 0 bridgehead atoms. The van der Waals surface area contributed by atoms with E-state index in [1.807, 2.05) is 36.9 Å². The van der Waals surface area contributed by atoms with Crippen LogP contribution in [0.5, 0.6) is 5.75 Å². The number of rotatable bonds is 5. The molecule has 5 nitrogen and oxygen atoms in total. The molecule has 0 unspecified atom stereocenters. The highest BCUT2D eigenvalue weighted by molar-refractivity contribution is 5.94. The summed E-state index contributed by atoms with van der Waals surface area (Å²) in [7, 11) is 0. The SMILES string of the molecule is CC(=O)c1ccc(N2CCN(C(=O)COc3cc(C)ccc3C)CC2)c(F)c1. The van der Waals surface area contributed by atoms with Gasteiger partial charge in [0.25, 0.3) is 5.91 Å². The molecule has 0 saturated carbocycles. The Bertz CT molecular complexity index is 889. The van der Waals surface area contributed by atoms with Crippen LogP contribution in [0, 0.1) is 19.7 Å². The summed E-state index contributed by atoms with van der Waals surface area (Å²) in [6.07, 6.45) is 0. The summed E-state index contributed by atoms with van der Waals surface area (Å²) in [6.45, 7) is 7.41. The van der Waals surface area contributed by atoms with Crippen LogP contribution in [-0.4, -0.2) is 49.4 Å². The first kappa shape index (κ1) is 19.9. The van der Waals surface area contributed by atoms with Crippen molar-refractivity contribution in [1.82, 2.24) is 4.90 Å². The summed E-state index contributed by atoms with van der Waals surface area (Å²) in [4.78, 5) is 27.5. The Morgan fingerprint density at radius 2 is 1.75 bits per heavy atom. The fourth-order valence-corrected chi connectivity index (χ4v) is 3.27. The molecular weight excluding hydrogens is 359 g/mol. The zero-order chi connectivity index (χ0) is 20.3. The van der Waals surface area contributed by atoms with Gasteiger partial charge in [-0.1, -0.05) is 12.1 Å². The molecule has 2 aromatic rings. The quantitative estimate of drug-likeness (QED) is 0.742. The van der Waals surface area contributed by atoms with Gasteiger partial charge in [0.05, 0.1) is 5.69 Å². The Balaban J connectivity index is 1.55. The Kier molecular flexibility index (Phi) is 5.97. The predicted molar refractivity (Wildman–Crippen MR) is 107 cm³/mol. The molecule has 0 atom stereocenters. The number of ketones is 1. The van der Waals surface area contributed by atoms with Crippen molar-refractivity contribution in [3.63, 3.8) is 0 Å². The van der Waals surface area contributed by atoms with Gasteiger partial charge in [-0.2, -0.15) is 0 Å². The second-order valence-corrected chi connectivity index (χ2v) is 7.15. The maximum absolute atomic E-state index is 14.3. The Labute approximate surface area is 164 Å². The first-order valence-corrected chi connectivity index (χ1v) is 9.38. The number of anilines is 1. The summed E-state index contributed by atoms with van der Waals surface area (Å²) in [5.41, 5.74) is 2.90. The highest BCUT2D eigenvalue weighted by Gasteiger charge is 2.23. The van der Waals surface area contributed by atoms with Gasteiger partial charge < -0.3 is 14.5 Å². The van der Waals surface area contributed by atoms with E-state index in [4.69, 9.17) is 4.74 Å². The fraction of sp³-hybridized carbons (Fsp3) is 0.364. The van der Waals surface area contributed by atoms with E-state index in [1.54, 1.807) is 17.0 Å². The number of halogens is 1. The summed E-state index contributed by atoms with van der Waals surface area (Å²) in [6, 6.07) is 10.4. The number of piperazine rings is 1. The third-order valence-corrected chi connectivity index (χ3v) is 5.02. The molecule has 1 aliphatic heterocycles. The van der Waals surface area contributed by atoms with E-state index in [0.717, 1.165) is 16.9 Å². The third kappa shape index (κ3) is 4.50. The number of ether oxygens (including phenoxy) is 1. The summed E-state index contributed by atoms with van der Waals surface area (Å²) in [5, 5.41) is 0. The molecule has 0 aromatic heterocycles. The lowest BCUT2D eigenvalue weighted by Crippen LogP contribution is -2.50. The Hall–Kier alpha value is -2.89. The van der Waals surface area contributed by atoms with Crippen molar-refractivity contribution in [3.8, 4) is 5.75 Å². The minimum Gasteiger partial charge on any atom is -0.483 e. The topological polar surface area (TPSA) is 49.9 Å². The number of carbonyl (C=O) groups excluding carboxylic acids is 2. The molecule has 28 heavy (non-hydrogen) atoms. The lowest BCUT2D eigenvalue weighted by atomic mass is 10.1. The van der Waals surface area contributed by atoms with Gasteiger partial charge in [-0.05, 0) is 56.2 Å². The van der Waals surface area contributed by atoms with Crippen LogP contribution >= 0.6 is 0 Å². The fourth-order valence-electron chi connectivity index (χ4n) is 3.27. The van der Waals surface area contributed by atoms with Crippen molar-refractivity contribution in [2.45, 2.75) is 20.8 Å². The van der Waals surface area contributed by atoms with E-state index < -0.39 is 5.82 Å². The van der Waals surface area contributed by atoms with Gasteiger partial charge in [0, 0.05) is 31.7 Å². The molecule has 0 radical (unpaired) electrons. The highest BCUT2D eigenvalue weighted by Crippen LogP contribution is 2.23. The normalized spacial score (nSPS) is 14.1. The van der Waals surface area contributed by atoms with Crippen LogP contribution in [0.4, 0.5) is 10.1 Å². The zero-order valence-electron chi connectivity index (χ0n) is 16.5. The minimum atomic E-state index is -0.411. The smallest absolute Gasteiger partial charge is 0.260 e. The average molecular weight is 384 g/mol. The van der Waals surface area contributed by atoms with Gasteiger partial charge in [-0.15, -0.1) is 0 Å². The maximum Gasteiger partial charge on any atom is 0.260 e. The minimum absolute atomic E-state index is 0.00797. The molecule has 1 saturated heterocycles. The van der Waals surface area contributed by atoms with E-state index in [0.29, 0.717) is 37.4 Å². The number of hydrogen-bond donors (Lipinski definition) is 0. The zero-order valence-corrected chi connectivity index (χ0v) is 16.5. The van der Waals surface area contributed by atoms with E-state index in [-0.39, 0.29) is 18.3 Å². The molecule has 6 heteroatoms. The molecule has 2 aromatic carbocycles. The first-order chi connectivity index (χ1) is 13.3. The molecule has 0 aliphatic carbocycles. The van der Waals surface area contributed by atoms with Gasteiger partial charge in [0.1, 0.15) is 11.6 Å². The second kappa shape index (κ2) is 8.42. The molecule has 1 aliphatic rings. The molecule has 148 valence electrons. The average Bonchev–Trinajstić information content (AvgIpc) is 2.68. The van der Waals surface area contributed by atoms with Crippen molar-refractivity contribution in [2.24, 2.45) is 0 Å². The maximum atomic E-state index is 14.3. The molecule has 0 spiro atoms. The van der Waals surface area contributed by atoms with Gasteiger partial charge in [0.15, 0.2) is 12.4 Å². The van der Waals surface area contributed by atoms with Gasteiger partial charge in [0.2, 0.25) is 0 Å². The number of hydrogen-bond acceptors (Lipinski definition) is 4. The summed E-state index contributed by atoms with van der Waals surface area (Å²) in [5.74, 6) is 0.0722. The van der Waals surface area contributed by atoms with E-state index in [1.165, 1.54) is 13.0 Å². The number of carbonyl (C=O) groups is 2. The molecule has 1 amide bonds. The largest absolute Gasteiger partial charge is 0.483 e. The van der Waals surface area contributed by atoms with Gasteiger partial charge in [-0.25, -0.2) is 4.39 Å². The van der Waals surface area contributed by atoms with E-state index in [9.17, 15) is 14.0 Å². The third-order valence-electron chi connectivity index (χ3n) is 5.02. The van der Waals surface area contributed by atoms with Crippen LogP contribution < -0.4 is 9.64 Å². The number of benzene rings is 2. The first-order valence-electron chi connectivity index (χ1n) is 9.38. The number of Topliss-reactive ketones (excluding diaryl/α,β-unsaturated/α-hetero) is 1. The van der Waals surface area contributed by atoms with Crippen molar-refractivity contribution in [3.05, 3.63) is 58.9 Å².